The van der Waals surface area contributed by atoms with Crippen LogP contribution in [0.3, 0.4) is 0 Å². The molecule has 1 aromatic carbocycles. The van der Waals surface area contributed by atoms with Crippen LogP contribution in [0.2, 0.25) is 0 Å². The monoisotopic (exact) mass is 272 g/mol. The average Bonchev–Trinajstić information content (AvgIpc) is 3.06. The summed E-state index contributed by atoms with van der Waals surface area (Å²) in [5, 5.41) is 13.8. The molecule has 7 nitrogen and oxygen atoms in total. The summed E-state index contributed by atoms with van der Waals surface area (Å²) in [4.78, 5) is 17.6. The van der Waals surface area contributed by atoms with Gasteiger partial charge in [-0.2, -0.15) is 0 Å². The summed E-state index contributed by atoms with van der Waals surface area (Å²) in [5.41, 5.74) is 1.37. The van der Waals surface area contributed by atoms with Crippen molar-refractivity contribution in [2.24, 2.45) is 0 Å². The van der Waals surface area contributed by atoms with E-state index in [0.717, 1.165) is 12.2 Å². The van der Waals surface area contributed by atoms with Crippen LogP contribution in [0.5, 0.6) is 0 Å². The number of anilines is 1. The van der Waals surface area contributed by atoms with Crippen LogP contribution in [0.4, 0.5) is 11.6 Å². The molecule has 2 heterocycles. The highest BCUT2D eigenvalue weighted by molar-refractivity contribution is 5.79. The number of nitro benzene ring substituents is 1. The minimum Gasteiger partial charge on any atom is -0.469 e. The molecule has 0 atom stereocenters. The van der Waals surface area contributed by atoms with Crippen molar-refractivity contribution in [3.8, 4) is 0 Å². The highest BCUT2D eigenvalue weighted by atomic mass is 16.6. The minimum absolute atomic E-state index is 0.0447. The lowest BCUT2D eigenvalue weighted by atomic mass is 10.3. The molecule has 7 heteroatoms. The van der Waals surface area contributed by atoms with E-state index < -0.39 is 4.92 Å². The van der Waals surface area contributed by atoms with Crippen molar-refractivity contribution >= 4 is 22.7 Å². The van der Waals surface area contributed by atoms with Crippen LogP contribution in [0.15, 0.2) is 41.0 Å². The van der Waals surface area contributed by atoms with Gasteiger partial charge in [0.15, 0.2) is 0 Å². The number of fused-ring (bicyclic) bond motifs is 1. The van der Waals surface area contributed by atoms with Crippen LogP contribution in [0.1, 0.15) is 5.76 Å². The van der Waals surface area contributed by atoms with Gasteiger partial charge in [-0.05, 0) is 18.2 Å². The summed E-state index contributed by atoms with van der Waals surface area (Å²) >= 11 is 0. The molecule has 3 aromatic rings. The van der Waals surface area contributed by atoms with Crippen molar-refractivity contribution in [2.45, 2.75) is 6.42 Å². The Morgan fingerprint density at radius 3 is 3.05 bits per heavy atom. The Morgan fingerprint density at radius 2 is 2.30 bits per heavy atom. The zero-order valence-corrected chi connectivity index (χ0v) is 10.5. The van der Waals surface area contributed by atoms with Crippen molar-refractivity contribution in [1.82, 2.24) is 9.97 Å². The minimum atomic E-state index is -0.426. The van der Waals surface area contributed by atoms with E-state index in [4.69, 9.17) is 4.42 Å². The molecule has 0 saturated heterocycles. The summed E-state index contributed by atoms with van der Waals surface area (Å²) in [6.07, 6.45) is 2.37. The third-order valence-electron chi connectivity index (χ3n) is 2.92. The summed E-state index contributed by atoms with van der Waals surface area (Å²) in [6, 6.07) is 8.29. The smallest absolute Gasteiger partial charge is 0.271 e. The number of hydrogen-bond donors (Lipinski definition) is 2. The van der Waals surface area contributed by atoms with Crippen molar-refractivity contribution in [3.63, 3.8) is 0 Å². The van der Waals surface area contributed by atoms with Crippen molar-refractivity contribution in [3.05, 3.63) is 52.5 Å². The lowest BCUT2D eigenvalue weighted by Crippen LogP contribution is -2.05. The van der Waals surface area contributed by atoms with Crippen molar-refractivity contribution in [1.29, 1.82) is 0 Å². The molecule has 0 aliphatic carbocycles. The fourth-order valence-corrected chi connectivity index (χ4v) is 1.95. The number of nitrogens with one attached hydrogen (secondary N) is 2. The molecule has 102 valence electrons. The fourth-order valence-electron chi connectivity index (χ4n) is 1.95. The van der Waals surface area contributed by atoms with E-state index in [1.807, 2.05) is 12.1 Å². The van der Waals surface area contributed by atoms with Gasteiger partial charge in [-0.1, -0.05) is 0 Å². The van der Waals surface area contributed by atoms with Crippen LogP contribution >= 0.6 is 0 Å². The zero-order valence-electron chi connectivity index (χ0n) is 10.5. The standard InChI is InChI=1S/C13H12N4O3/c18-17(19)9-3-4-11-12(8-9)16-13(15-11)14-6-5-10-2-1-7-20-10/h1-4,7-8H,5-6H2,(H2,14,15,16). The van der Waals surface area contributed by atoms with Crippen LogP contribution in [0.25, 0.3) is 11.0 Å². The van der Waals surface area contributed by atoms with Crippen LogP contribution in [-0.2, 0) is 6.42 Å². The summed E-state index contributed by atoms with van der Waals surface area (Å²) in [5.74, 6) is 1.48. The number of rotatable bonds is 5. The number of nitrogens with zero attached hydrogens (tertiary/aromatic N) is 2. The van der Waals surface area contributed by atoms with Gasteiger partial charge in [0.1, 0.15) is 5.76 Å². The lowest BCUT2D eigenvalue weighted by molar-refractivity contribution is -0.384. The summed E-state index contributed by atoms with van der Waals surface area (Å²) in [6.45, 7) is 0.662. The number of nitro groups is 1. The summed E-state index contributed by atoms with van der Waals surface area (Å²) in [7, 11) is 0. The number of furan rings is 1. The van der Waals surface area contributed by atoms with Crippen LogP contribution in [0, 0.1) is 10.1 Å². The Hall–Kier alpha value is -2.83. The molecule has 0 unspecified atom stereocenters. The van der Waals surface area contributed by atoms with Crippen molar-refractivity contribution in [2.75, 3.05) is 11.9 Å². The molecule has 3 rings (SSSR count). The van der Waals surface area contributed by atoms with Gasteiger partial charge in [-0.25, -0.2) is 4.98 Å². The van der Waals surface area contributed by atoms with E-state index >= 15 is 0 Å². The predicted molar refractivity (Wildman–Crippen MR) is 73.6 cm³/mol. The van der Waals surface area contributed by atoms with Gasteiger partial charge >= 0.3 is 0 Å². The number of H-pyrrole nitrogens is 1. The third kappa shape index (κ3) is 2.46. The van der Waals surface area contributed by atoms with Crippen LogP contribution < -0.4 is 5.32 Å². The van der Waals surface area contributed by atoms with E-state index in [9.17, 15) is 10.1 Å². The molecular weight excluding hydrogens is 260 g/mol. The SMILES string of the molecule is O=[N+]([O-])c1ccc2nc(NCCc3ccco3)[nH]c2c1. The maximum atomic E-state index is 10.7. The highest BCUT2D eigenvalue weighted by Gasteiger charge is 2.09. The maximum Gasteiger partial charge on any atom is 0.271 e. The molecule has 0 fully saturated rings. The first kappa shape index (κ1) is 12.2. The molecule has 0 bridgehead atoms. The second-order valence-electron chi connectivity index (χ2n) is 4.30. The normalized spacial score (nSPS) is 10.8. The zero-order chi connectivity index (χ0) is 13.9. The molecule has 2 aromatic heterocycles. The van der Waals surface area contributed by atoms with Crippen LogP contribution in [-0.4, -0.2) is 21.4 Å². The number of aromatic amines is 1. The highest BCUT2D eigenvalue weighted by Crippen LogP contribution is 2.20. The van der Waals surface area contributed by atoms with E-state index in [-0.39, 0.29) is 5.69 Å². The molecule has 0 aliphatic rings. The van der Waals surface area contributed by atoms with Gasteiger partial charge in [0.05, 0.1) is 22.2 Å². The average molecular weight is 272 g/mol. The lowest BCUT2D eigenvalue weighted by Gasteiger charge is -1.99. The summed E-state index contributed by atoms with van der Waals surface area (Å²) < 4.78 is 5.23. The fraction of sp³-hybridized carbons (Fsp3) is 0.154. The first-order valence-corrected chi connectivity index (χ1v) is 6.13. The Bertz CT molecular complexity index is 733. The quantitative estimate of drug-likeness (QED) is 0.549. The molecular formula is C13H12N4O3. The van der Waals surface area contributed by atoms with E-state index in [0.29, 0.717) is 23.5 Å². The maximum absolute atomic E-state index is 10.7. The topological polar surface area (TPSA) is 97.0 Å². The predicted octanol–water partition coefficient (Wildman–Crippen LogP) is 2.72. The second kappa shape index (κ2) is 5.04. The second-order valence-corrected chi connectivity index (χ2v) is 4.30. The van der Waals surface area contributed by atoms with Gasteiger partial charge in [-0.3, -0.25) is 10.1 Å². The van der Waals surface area contributed by atoms with Crippen molar-refractivity contribution < 1.29 is 9.34 Å². The first-order valence-electron chi connectivity index (χ1n) is 6.13. The van der Waals surface area contributed by atoms with E-state index in [2.05, 4.69) is 15.3 Å². The Morgan fingerprint density at radius 1 is 1.40 bits per heavy atom. The molecule has 0 spiro atoms. The number of benzene rings is 1. The molecule has 0 amide bonds. The molecule has 0 saturated carbocycles. The number of hydrogen-bond acceptors (Lipinski definition) is 5. The Kier molecular flexibility index (Phi) is 3.08. The van der Waals surface area contributed by atoms with E-state index in [1.54, 1.807) is 12.3 Å². The van der Waals surface area contributed by atoms with Gasteiger partial charge in [0.25, 0.3) is 5.69 Å². The largest absolute Gasteiger partial charge is 0.469 e. The Balaban J connectivity index is 1.70. The number of imidazole rings is 1. The molecule has 2 N–H and O–H groups in total. The molecule has 20 heavy (non-hydrogen) atoms. The number of aromatic nitrogens is 2. The molecule has 0 radical (unpaired) electrons. The first-order chi connectivity index (χ1) is 9.72. The Labute approximate surface area is 113 Å². The van der Waals surface area contributed by atoms with E-state index in [1.165, 1.54) is 12.1 Å². The number of non-ortho nitro benzene ring substituents is 1. The van der Waals surface area contributed by atoms with Gasteiger partial charge in [0, 0.05) is 25.1 Å². The van der Waals surface area contributed by atoms with Gasteiger partial charge in [0.2, 0.25) is 5.95 Å². The van der Waals surface area contributed by atoms with Gasteiger partial charge in [-0.15, -0.1) is 0 Å². The molecule has 0 aliphatic heterocycles. The third-order valence-corrected chi connectivity index (χ3v) is 2.92. The van der Waals surface area contributed by atoms with Gasteiger partial charge < -0.3 is 14.7 Å².